The van der Waals surface area contributed by atoms with Crippen molar-refractivity contribution in [3.8, 4) is 5.75 Å². The van der Waals surface area contributed by atoms with Gasteiger partial charge in [-0.1, -0.05) is 18.2 Å². The average Bonchev–Trinajstić information content (AvgIpc) is 2.38. The molecule has 0 aromatic heterocycles. The number of aliphatic hydroxyl groups is 1. The van der Waals surface area contributed by atoms with Crippen LogP contribution in [0, 0.1) is 6.92 Å². The van der Waals surface area contributed by atoms with E-state index in [1.54, 1.807) is 18.9 Å². The maximum absolute atomic E-state index is 11.8. The summed E-state index contributed by atoms with van der Waals surface area (Å²) in [6.07, 6.45) is 0.574. The van der Waals surface area contributed by atoms with E-state index < -0.39 is 0 Å². The number of carbonyl (C=O) groups is 1. The summed E-state index contributed by atoms with van der Waals surface area (Å²) in [6, 6.07) is 7.75. The van der Waals surface area contributed by atoms with Crippen molar-refractivity contribution in [2.24, 2.45) is 0 Å². The fourth-order valence-electron chi connectivity index (χ4n) is 1.66. The number of aliphatic hydroxyl groups excluding tert-OH is 1. The first kappa shape index (κ1) is 15.5. The van der Waals surface area contributed by atoms with Crippen LogP contribution in [0.5, 0.6) is 5.75 Å². The van der Waals surface area contributed by atoms with E-state index in [1.165, 1.54) is 0 Å². The zero-order valence-electron chi connectivity index (χ0n) is 11.9. The van der Waals surface area contributed by atoms with E-state index in [2.05, 4.69) is 0 Å². The summed E-state index contributed by atoms with van der Waals surface area (Å²) in [4.78, 5) is 13.4. The highest BCUT2D eigenvalue weighted by Gasteiger charge is 2.10. The summed E-state index contributed by atoms with van der Waals surface area (Å²) in [7, 11) is 1.75. The molecule has 1 N–H and O–H groups in total. The van der Waals surface area contributed by atoms with Gasteiger partial charge in [0, 0.05) is 13.6 Å². The third kappa shape index (κ3) is 5.75. The highest BCUT2D eigenvalue weighted by atomic mass is 16.5. The van der Waals surface area contributed by atoms with Crippen molar-refractivity contribution < 1.29 is 14.6 Å². The molecule has 0 spiro atoms. The molecule has 0 bridgehead atoms. The van der Waals surface area contributed by atoms with Crippen molar-refractivity contribution in [1.29, 1.82) is 0 Å². The smallest absolute Gasteiger partial charge is 0.225 e. The molecule has 4 nitrogen and oxygen atoms in total. The molecule has 0 fully saturated rings. The molecule has 0 aliphatic rings. The molecule has 0 aliphatic heterocycles. The monoisotopic (exact) mass is 265 g/mol. The van der Waals surface area contributed by atoms with Gasteiger partial charge in [-0.05, 0) is 31.9 Å². The van der Waals surface area contributed by atoms with Crippen LogP contribution in [-0.4, -0.2) is 42.2 Å². The normalized spacial score (nSPS) is 12.0. The molecule has 1 rings (SSSR count). The summed E-state index contributed by atoms with van der Waals surface area (Å²) in [6.45, 7) is 4.65. The van der Waals surface area contributed by atoms with Crippen molar-refractivity contribution in [3.63, 3.8) is 0 Å². The number of ether oxygens (including phenoxy) is 1. The van der Waals surface area contributed by atoms with E-state index in [9.17, 15) is 9.90 Å². The highest BCUT2D eigenvalue weighted by Crippen LogP contribution is 2.16. The van der Waals surface area contributed by atoms with Crippen LogP contribution in [0.15, 0.2) is 24.3 Å². The lowest BCUT2D eigenvalue weighted by molar-refractivity contribution is -0.130. The highest BCUT2D eigenvalue weighted by molar-refractivity contribution is 5.75. The Kier molecular flexibility index (Phi) is 6.36. The van der Waals surface area contributed by atoms with Crippen molar-refractivity contribution in [2.75, 3.05) is 20.2 Å². The van der Waals surface area contributed by atoms with E-state index in [0.717, 1.165) is 11.3 Å². The molecule has 0 heterocycles. The number of nitrogens with zero attached hydrogens (tertiary/aromatic N) is 1. The molecule has 0 saturated carbocycles. The minimum absolute atomic E-state index is 0.0363. The molecule has 1 amide bonds. The number of carbonyl (C=O) groups excluding carboxylic acids is 1. The quantitative estimate of drug-likeness (QED) is 0.820. The SMILES string of the molecule is Cc1ccccc1OCCC(=O)N(C)CCC(C)O. The summed E-state index contributed by atoms with van der Waals surface area (Å²) < 4.78 is 5.59. The van der Waals surface area contributed by atoms with Gasteiger partial charge in [0.1, 0.15) is 5.75 Å². The molecule has 106 valence electrons. The van der Waals surface area contributed by atoms with Gasteiger partial charge in [-0.3, -0.25) is 4.79 Å². The first-order valence-electron chi connectivity index (χ1n) is 6.61. The predicted molar refractivity (Wildman–Crippen MR) is 75.2 cm³/mol. The van der Waals surface area contributed by atoms with Gasteiger partial charge in [0.05, 0.1) is 19.1 Å². The molecule has 1 aromatic rings. The molecule has 0 aliphatic carbocycles. The van der Waals surface area contributed by atoms with Crippen LogP contribution in [-0.2, 0) is 4.79 Å². The van der Waals surface area contributed by atoms with Crippen LogP contribution < -0.4 is 4.74 Å². The fraction of sp³-hybridized carbons (Fsp3) is 0.533. The van der Waals surface area contributed by atoms with Gasteiger partial charge in [-0.25, -0.2) is 0 Å². The third-order valence-corrected chi connectivity index (χ3v) is 2.98. The Labute approximate surface area is 115 Å². The predicted octanol–water partition coefficient (Wildman–Crippen LogP) is 1.99. The van der Waals surface area contributed by atoms with Crippen LogP contribution in [0.2, 0.25) is 0 Å². The zero-order chi connectivity index (χ0) is 14.3. The second-order valence-corrected chi connectivity index (χ2v) is 4.82. The number of para-hydroxylation sites is 1. The molecular weight excluding hydrogens is 242 g/mol. The van der Waals surface area contributed by atoms with Crippen LogP contribution in [0.3, 0.4) is 0 Å². The van der Waals surface area contributed by atoms with Gasteiger partial charge < -0.3 is 14.7 Å². The standard InChI is InChI=1S/C15H23NO3/c1-12-6-4-5-7-14(12)19-11-9-15(18)16(3)10-8-13(2)17/h4-7,13,17H,8-11H2,1-3H3. The number of aryl methyl sites for hydroxylation is 1. The minimum Gasteiger partial charge on any atom is -0.493 e. The van der Waals surface area contributed by atoms with E-state index in [0.29, 0.717) is 26.0 Å². The third-order valence-electron chi connectivity index (χ3n) is 2.98. The second-order valence-electron chi connectivity index (χ2n) is 4.82. The molecule has 1 atom stereocenters. The van der Waals surface area contributed by atoms with Crippen molar-refractivity contribution in [3.05, 3.63) is 29.8 Å². The maximum Gasteiger partial charge on any atom is 0.225 e. The number of amides is 1. The van der Waals surface area contributed by atoms with Gasteiger partial charge in [0.15, 0.2) is 0 Å². The molecule has 1 aromatic carbocycles. The van der Waals surface area contributed by atoms with E-state index in [-0.39, 0.29) is 12.0 Å². The van der Waals surface area contributed by atoms with Gasteiger partial charge >= 0.3 is 0 Å². The van der Waals surface area contributed by atoms with E-state index >= 15 is 0 Å². The first-order valence-corrected chi connectivity index (χ1v) is 6.61. The van der Waals surface area contributed by atoms with Gasteiger partial charge in [-0.15, -0.1) is 0 Å². The lowest BCUT2D eigenvalue weighted by Gasteiger charge is -2.18. The topological polar surface area (TPSA) is 49.8 Å². The van der Waals surface area contributed by atoms with Gasteiger partial charge in [0.25, 0.3) is 0 Å². The number of rotatable bonds is 7. The zero-order valence-corrected chi connectivity index (χ0v) is 11.9. The van der Waals surface area contributed by atoms with Crippen molar-refractivity contribution >= 4 is 5.91 Å². The Morgan fingerprint density at radius 3 is 2.74 bits per heavy atom. The van der Waals surface area contributed by atoms with Gasteiger partial charge in [0.2, 0.25) is 5.91 Å². The van der Waals surface area contributed by atoms with Crippen molar-refractivity contribution in [1.82, 2.24) is 4.90 Å². The lowest BCUT2D eigenvalue weighted by atomic mass is 10.2. The Morgan fingerprint density at radius 1 is 1.42 bits per heavy atom. The Morgan fingerprint density at radius 2 is 2.11 bits per heavy atom. The van der Waals surface area contributed by atoms with Crippen LogP contribution in [0.1, 0.15) is 25.3 Å². The van der Waals surface area contributed by atoms with Crippen molar-refractivity contribution in [2.45, 2.75) is 32.8 Å². The Balaban J connectivity index is 2.29. The second kappa shape index (κ2) is 7.79. The number of benzene rings is 1. The summed E-state index contributed by atoms with van der Waals surface area (Å²) in [5.41, 5.74) is 1.07. The number of hydrogen-bond donors (Lipinski definition) is 1. The van der Waals surface area contributed by atoms with Crippen LogP contribution >= 0.6 is 0 Å². The van der Waals surface area contributed by atoms with E-state index in [4.69, 9.17) is 4.74 Å². The lowest BCUT2D eigenvalue weighted by Crippen LogP contribution is -2.30. The largest absolute Gasteiger partial charge is 0.493 e. The van der Waals surface area contributed by atoms with Crippen LogP contribution in [0.25, 0.3) is 0 Å². The fourth-order valence-corrected chi connectivity index (χ4v) is 1.66. The molecule has 0 radical (unpaired) electrons. The molecule has 4 heteroatoms. The number of hydrogen-bond acceptors (Lipinski definition) is 3. The van der Waals surface area contributed by atoms with Gasteiger partial charge in [-0.2, -0.15) is 0 Å². The molecule has 1 unspecified atom stereocenters. The summed E-state index contributed by atoms with van der Waals surface area (Å²) in [5.74, 6) is 0.858. The minimum atomic E-state index is -0.376. The molecule has 19 heavy (non-hydrogen) atoms. The maximum atomic E-state index is 11.8. The molecule has 0 saturated heterocycles. The Hall–Kier alpha value is -1.55. The first-order chi connectivity index (χ1) is 9.00. The summed E-state index contributed by atoms with van der Waals surface area (Å²) >= 11 is 0. The van der Waals surface area contributed by atoms with Crippen LogP contribution in [0.4, 0.5) is 0 Å². The Bertz CT molecular complexity index is 404. The van der Waals surface area contributed by atoms with E-state index in [1.807, 2.05) is 31.2 Å². The summed E-state index contributed by atoms with van der Waals surface area (Å²) in [5, 5.41) is 9.18. The molecular formula is C15H23NO3. The average molecular weight is 265 g/mol.